The van der Waals surface area contributed by atoms with Gasteiger partial charge >= 0.3 is 5.97 Å². The molecule has 4 heteroatoms. The lowest BCUT2D eigenvalue weighted by molar-refractivity contribution is -0.151. The molecule has 1 saturated carbocycles. The molecule has 4 nitrogen and oxygen atoms in total. The van der Waals surface area contributed by atoms with E-state index in [0.29, 0.717) is 13.2 Å². The van der Waals surface area contributed by atoms with Crippen LogP contribution in [0.5, 0.6) is 0 Å². The Kier molecular flexibility index (Phi) is 4.54. The number of carbonyl (C=O) groups is 1. The van der Waals surface area contributed by atoms with Crippen molar-refractivity contribution in [2.75, 3.05) is 20.3 Å². The Morgan fingerprint density at radius 2 is 2.20 bits per heavy atom. The molecule has 0 heterocycles. The quantitative estimate of drug-likeness (QED) is 0.698. The van der Waals surface area contributed by atoms with Crippen molar-refractivity contribution in [3.05, 3.63) is 0 Å². The van der Waals surface area contributed by atoms with Gasteiger partial charge in [0.2, 0.25) is 0 Å². The van der Waals surface area contributed by atoms with Crippen LogP contribution >= 0.6 is 0 Å². The van der Waals surface area contributed by atoms with Gasteiger partial charge < -0.3 is 14.8 Å². The molecule has 1 N–H and O–H groups in total. The summed E-state index contributed by atoms with van der Waals surface area (Å²) < 4.78 is 10.6. The molecule has 0 saturated heterocycles. The monoisotopic (exact) mass is 215 g/mol. The van der Waals surface area contributed by atoms with Gasteiger partial charge in [-0.3, -0.25) is 4.79 Å². The van der Waals surface area contributed by atoms with Crippen LogP contribution in [-0.2, 0) is 14.3 Å². The molecule has 0 aromatic rings. The highest BCUT2D eigenvalue weighted by molar-refractivity contribution is 5.81. The predicted molar refractivity (Wildman–Crippen MR) is 57.7 cm³/mol. The van der Waals surface area contributed by atoms with Crippen molar-refractivity contribution in [3.8, 4) is 0 Å². The summed E-state index contributed by atoms with van der Waals surface area (Å²) in [7, 11) is 1.81. The van der Waals surface area contributed by atoms with Gasteiger partial charge in [-0.25, -0.2) is 0 Å². The Bertz CT molecular complexity index is 220. The first-order valence-corrected chi connectivity index (χ1v) is 5.66. The summed E-state index contributed by atoms with van der Waals surface area (Å²) in [5, 5.41) is 3.10. The molecule has 2 atom stereocenters. The van der Waals surface area contributed by atoms with Gasteiger partial charge in [-0.2, -0.15) is 0 Å². The highest BCUT2D eigenvalue weighted by Crippen LogP contribution is 2.32. The number of rotatable bonds is 5. The van der Waals surface area contributed by atoms with Crippen molar-refractivity contribution in [2.24, 2.45) is 0 Å². The molecule has 0 amide bonds. The van der Waals surface area contributed by atoms with Crippen molar-refractivity contribution < 1.29 is 14.3 Å². The molecule has 1 rings (SSSR count). The zero-order chi connectivity index (χ0) is 11.3. The second-order valence-corrected chi connectivity index (χ2v) is 3.87. The van der Waals surface area contributed by atoms with E-state index in [1.807, 2.05) is 20.9 Å². The third kappa shape index (κ3) is 2.69. The van der Waals surface area contributed by atoms with E-state index in [2.05, 4.69) is 5.32 Å². The molecule has 0 spiro atoms. The third-order valence-corrected chi connectivity index (χ3v) is 3.02. The normalized spacial score (nSPS) is 30.5. The van der Waals surface area contributed by atoms with Crippen LogP contribution < -0.4 is 5.32 Å². The molecule has 0 aliphatic heterocycles. The molecule has 15 heavy (non-hydrogen) atoms. The first kappa shape index (κ1) is 12.5. The SMILES string of the molecule is CCOC(=O)C1(NC)CCC(OCC)C1. The van der Waals surface area contributed by atoms with E-state index in [0.717, 1.165) is 19.3 Å². The summed E-state index contributed by atoms with van der Waals surface area (Å²) >= 11 is 0. The summed E-state index contributed by atoms with van der Waals surface area (Å²) in [5.41, 5.74) is -0.518. The molecular weight excluding hydrogens is 194 g/mol. The topological polar surface area (TPSA) is 47.6 Å². The van der Waals surface area contributed by atoms with E-state index in [-0.39, 0.29) is 12.1 Å². The highest BCUT2D eigenvalue weighted by atomic mass is 16.5. The molecule has 1 aliphatic carbocycles. The summed E-state index contributed by atoms with van der Waals surface area (Å²) in [6.45, 7) is 4.94. The zero-order valence-electron chi connectivity index (χ0n) is 9.84. The Balaban J connectivity index is 2.59. The fraction of sp³-hybridized carbons (Fsp3) is 0.909. The lowest BCUT2D eigenvalue weighted by Crippen LogP contribution is -2.49. The van der Waals surface area contributed by atoms with Gasteiger partial charge in [0.25, 0.3) is 0 Å². The third-order valence-electron chi connectivity index (χ3n) is 3.02. The summed E-state index contributed by atoms with van der Waals surface area (Å²) in [6.07, 6.45) is 2.63. The van der Waals surface area contributed by atoms with Crippen LogP contribution in [0.1, 0.15) is 33.1 Å². The Morgan fingerprint density at radius 3 is 2.73 bits per heavy atom. The fourth-order valence-corrected chi connectivity index (χ4v) is 2.16. The maximum atomic E-state index is 11.8. The van der Waals surface area contributed by atoms with Crippen molar-refractivity contribution >= 4 is 5.97 Å². The molecule has 1 aliphatic rings. The van der Waals surface area contributed by atoms with Crippen LogP contribution in [0.15, 0.2) is 0 Å². The summed E-state index contributed by atoms with van der Waals surface area (Å²) in [5.74, 6) is -0.144. The molecule has 88 valence electrons. The number of nitrogens with one attached hydrogen (secondary N) is 1. The number of likely N-dealkylation sites (N-methyl/N-ethyl adjacent to an activating group) is 1. The second-order valence-electron chi connectivity index (χ2n) is 3.87. The van der Waals surface area contributed by atoms with Crippen LogP contribution in [0.2, 0.25) is 0 Å². The van der Waals surface area contributed by atoms with Gasteiger partial charge in [-0.1, -0.05) is 0 Å². The van der Waals surface area contributed by atoms with E-state index in [1.54, 1.807) is 0 Å². The van der Waals surface area contributed by atoms with E-state index in [9.17, 15) is 4.79 Å². The van der Waals surface area contributed by atoms with Crippen LogP contribution in [-0.4, -0.2) is 37.9 Å². The van der Waals surface area contributed by atoms with E-state index >= 15 is 0 Å². The maximum absolute atomic E-state index is 11.8. The molecule has 1 fully saturated rings. The molecule has 0 aromatic heterocycles. The van der Waals surface area contributed by atoms with Gasteiger partial charge in [-0.15, -0.1) is 0 Å². The zero-order valence-corrected chi connectivity index (χ0v) is 9.84. The van der Waals surface area contributed by atoms with Crippen molar-refractivity contribution in [2.45, 2.75) is 44.8 Å². The smallest absolute Gasteiger partial charge is 0.326 e. The second kappa shape index (κ2) is 5.47. The molecule has 0 aromatic carbocycles. The lowest BCUT2D eigenvalue weighted by Gasteiger charge is -2.26. The van der Waals surface area contributed by atoms with Gasteiger partial charge in [0.05, 0.1) is 12.7 Å². The van der Waals surface area contributed by atoms with Crippen LogP contribution in [0.25, 0.3) is 0 Å². The molecule has 0 bridgehead atoms. The van der Waals surface area contributed by atoms with Gasteiger partial charge in [0.15, 0.2) is 0 Å². The largest absolute Gasteiger partial charge is 0.465 e. The van der Waals surface area contributed by atoms with E-state index in [1.165, 1.54) is 0 Å². The summed E-state index contributed by atoms with van der Waals surface area (Å²) in [4.78, 5) is 11.8. The van der Waals surface area contributed by atoms with Crippen LogP contribution in [0, 0.1) is 0 Å². The average Bonchev–Trinajstić information content (AvgIpc) is 2.64. The number of carbonyl (C=O) groups excluding carboxylic acids is 1. The van der Waals surface area contributed by atoms with Gasteiger partial charge in [0, 0.05) is 13.0 Å². The van der Waals surface area contributed by atoms with Crippen molar-refractivity contribution in [3.63, 3.8) is 0 Å². The molecule has 2 unspecified atom stereocenters. The lowest BCUT2D eigenvalue weighted by atomic mass is 9.98. The van der Waals surface area contributed by atoms with E-state index in [4.69, 9.17) is 9.47 Å². The van der Waals surface area contributed by atoms with Crippen molar-refractivity contribution in [1.29, 1.82) is 0 Å². The Labute approximate surface area is 91.3 Å². The fourth-order valence-electron chi connectivity index (χ4n) is 2.16. The van der Waals surface area contributed by atoms with Crippen LogP contribution in [0.4, 0.5) is 0 Å². The van der Waals surface area contributed by atoms with E-state index < -0.39 is 5.54 Å². The number of hydrogen-bond donors (Lipinski definition) is 1. The first-order valence-electron chi connectivity index (χ1n) is 5.66. The first-order chi connectivity index (χ1) is 7.18. The van der Waals surface area contributed by atoms with Gasteiger partial charge in [0.1, 0.15) is 5.54 Å². The highest BCUT2D eigenvalue weighted by Gasteiger charge is 2.45. The average molecular weight is 215 g/mol. The minimum absolute atomic E-state index is 0.144. The standard InChI is InChI=1S/C11H21NO3/c1-4-14-9-6-7-11(8-9,12-3)10(13)15-5-2/h9,12H,4-8H2,1-3H3. The van der Waals surface area contributed by atoms with Gasteiger partial charge in [-0.05, 0) is 33.7 Å². The molecule has 0 radical (unpaired) electrons. The molecular formula is C11H21NO3. The minimum atomic E-state index is -0.518. The summed E-state index contributed by atoms with van der Waals surface area (Å²) in [6, 6.07) is 0. The van der Waals surface area contributed by atoms with Crippen molar-refractivity contribution in [1.82, 2.24) is 5.32 Å². The maximum Gasteiger partial charge on any atom is 0.326 e. The number of ether oxygens (including phenoxy) is 2. The number of esters is 1. The Morgan fingerprint density at radius 1 is 1.47 bits per heavy atom. The Hall–Kier alpha value is -0.610. The minimum Gasteiger partial charge on any atom is -0.465 e. The number of hydrogen-bond acceptors (Lipinski definition) is 4. The van der Waals surface area contributed by atoms with Crippen LogP contribution in [0.3, 0.4) is 0 Å². The predicted octanol–water partition coefficient (Wildman–Crippen LogP) is 1.10.